The molecule has 4 aliphatic rings. The lowest BCUT2D eigenvalue weighted by Gasteiger charge is -2.49. The summed E-state index contributed by atoms with van der Waals surface area (Å²) in [5.41, 5.74) is 14.1. The van der Waals surface area contributed by atoms with Crippen LogP contribution in [0, 0.1) is 11.3 Å². The molecule has 0 radical (unpaired) electrons. The maximum atomic E-state index is 14.2. The molecular weight excluding hydrogens is 469 g/mol. The van der Waals surface area contributed by atoms with Crippen LogP contribution in [0.2, 0.25) is 0 Å². The summed E-state index contributed by atoms with van der Waals surface area (Å²) in [6, 6.07) is 2.55. The van der Waals surface area contributed by atoms with Crippen molar-refractivity contribution in [2.24, 2.45) is 0 Å². The van der Waals surface area contributed by atoms with Gasteiger partial charge in [0.2, 0.25) is 0 Å². The zero-order chi connectivity index (χ0) is 23.9. The highest BCUT2D eigenvalue weighted by Crippen LogP contribution is 2.53. The maximum absolute atomic E-state index is 14.2. The number of hydrogen-bond donors (Lipinski definition) is 3. The first-order valence-corrected chi connectivity index (χ1v) is 12.8. The topological polar surface area (TPSA) is 146 Å². The molecule has 10 nitrogen and oxygen atoms in total. The fourth-order valence-electron chi connectivity index (χ4n) is 6.82. The average molecular weight is 496 g/mol. The minimum atomic E-state index is -0.818. The largest absolute Gasteiger partial charge is 0.461 e. The van der Waals surface area contributed by atoms with Crippen molar-refractivity contribution in [3.05, 3.63) is 16.0 Å². The first-order chi connectivity index (χ1) is 16.9. The zero-order valence-corrected chi connectivity index (χ0v) is 20.0. The maximum Gasteiger partial charge on any atom is 0.320 e. The van der Waals surface area contributed by atoms with E-state index in [0.717, 1.165) is 37.8 Å². The number of nitrogen functional groups attached to an aromatic ring is 2. The molecule has 0 saturated carbocycles. The molecule has 3 aromatic rings. The molecule has 2 atom stereocenters. The summed E-state index contributed by atoms with van der Waals surface area (Å²) < 4.78 is 20.3. The van der Waals surface area contributed by atoms with E-state index < -0.39 is 6.17 Å². The van der Waals surface area contributed by atoms with E-state index >= 15 is 0 Å². The third kappa shape index (κ3) is 2.91. The van der Waals surface area contributed by atoms with Gasteiger partial charge in [-0.25, -0.2) is 4.39 Å². The highest BCUT2D eigenvalue weighted by Gasteiger charge is 2.52. The minimum absolute atomic E-state index is 0.103. The number of anilines is 3. The lowest BCUT2D eigenvalue weighted by molar-refractivity contribution is 0.107. The van der Waals surface area contributed by atoms with Crippen LogP contribution in [0.15, 0.2) is 0 Å². The summed E-state index contributed by atoms with van der Waals surface area (Å²) in [5.74, 6) is 1.08. The third-order valence-electron chi connectivity index (χ3n) is 8.40. The van der Waals surface area contributed by atoms with E-state index in [2.05, 4.69) is 31.1 Å². The lowest BCUT2D eigenvalue weighted by atomic mass is 9.74. The Bertz CT molecular complexity index is 1390. The predicted octanol–water partition coefficient (Wildman–Crippen LogP) is 2.11. The molecule has 7 rings (SSSR count). The van der Waals surface area contributed by atoms with Gasteiger partial charge in [0.25, 0.3) is 0 Å². The minimum Gasteiger partial charge on any atom is -0.461 e. The molecular formula is C23H26FN9OS. The van der Waals surface area contributed by atoms with Gasteiger partial charge in [0.1, 0.15) is 40.9 Å². The Morgan fingerprint density at radius 2 is 2.14 bits per heavy atom. The highest BCUT2D eigenvalue weighted by atomic mass is 32.1. The Balaban J connectivity index is 1.19. The van der Waals surface area contributed by atoms with Gasteiger partial charge in [0.05, 0.1) is 11.1 Å². The van der Waals surface area contributed by atoms with Crippen molar-refractivity contribution in [2.75, 3.05) is 49.2 Å². The summed E-state index contributed by atoms with van der Waals surface area (Å²) in [6.45, 7) is 3.15. The molecule has 5 N–H and O–H groups in total. The van der Waals surface area contributed by atoms with E-state index in [1.54, 1.807) is 0 Å². The van der Waals surface area contributed by atoms with Crippen LogP contribution in [0.5, 0.6) is 6.01 Å². The molecule has 3 aromatic heterocycles. The van der Waals surface area contributed by atoms with Gasteiger partial charge in [-0.3, -0.25) is 10.00 Å². The summed E-state index contributed by atoms with van der Waals surface area (Å²) >= 11 is 1.54. The van der Waals surface area contributed by atoms with Crippen molar-refractivity contribution < 1.29 is 9.13 Å². The normalized spacial score (nSPS) is 26.7. The number of aromatic amines is 1. The van der Waals surface area contributed by atoms with Crippen LogP contribution in [-0.2, 0) is 11.8 Å². The van der Waals surface area contributed by atoms with Gasteiger partial charge in [0.15, 0.2) is 5.65 Å². The number of nitrogens with one attached hydrogen (secondary N) is 1. The van der Waals surface area contributed by atoms with Crippen molar-refractivity contribution >= 4 is 39.0 Å². The fourth-order valence-corrected chi connectivity index (χ4v) is 7.96. The number of H-pyrrole nitrogens is 1. The second-order valence-electron chi connectivity index (χ2n) is 10.4. The van der Waals surface area contributed by atoms with E-state index in [4.69, 9.17) is 21.2 Å². The molecule has 3 aliphatic heterocycles. The second kappa shape index (κ2) is 7.18. The van der Waals surface area contributed by atoms with E-state index in [1.807, 2.05) is 0 Å². The van der Waals surface area contributed by atoms with Crippen LogP contribution < -0.4 is 21.1 Å². The predicted molar refractivity (Wildman–Crippen MR) is 130 cm³/mol. The Morgan fingerprint density at radius 3 is 2.97 bits per heavy atom. The molecule has 3 saturated heterocycles. The average Bonchev–Trinajstić information content (AvgIpc) is 3.58. The van der Waals surface area contributed by atoms with Crippen molar-refractivity contribution in [3.63, 3.8) is 0 Å². The van der Waals surface area contributed by atoms with Crippen LogP contribution in [0.25, 0.3) is 11.0 Å². The summed E-state index contributed by atoms with van der Waals surface area (Å²) in [6.07, 6.45) is 3.56. The Hall–Kier alpha value is -3.17. The number of halogens is 1. The van der Waals surface area contributed by atoms with Gasteiger partial charge in [-0.2, -0.15) is 20.3 Å². The number of nitrogens with two attached hydrogens (primary N) is 2. The molecule has 1 spiro atoms. The number of aromatic nitrogens is 4. The molecule has 1 unspecified atom stereocenters. The van der Waals surface area contributed by atoms with Crippen LogP contribution in [0.3, 0.4) is 0 Å². The number of nitrogens with zero attached hydrogens (tertiary/aromatic N) is 6. The molecule has 0 amide bonds. The highest BCUT2D eigenvalue weighted by molar-refractivity contribution is 7.16. The smallest absolute Gasteiger partial charge is 0.320 e. The summed E-state index contributed by atoms with van der Waals surface area (Å²) in [5, 5.41) is 18.0. The molecule has 0 bridgehead atoms. The molecule has 1 aliphatic carbocycles. The second-order valence-corrected chi connectivity index (χ2v) is 11.6. The van der Waals surface area contributed by atoms with Gasteiger partial charge in [-0.05, 0) is 37.8 Å². The number of fused-ring (bicyclic) bond motifs is 4. The summed E-state index contributed by atoms with van der Waals surface area (Å²) in [7, 11) is 0. The number of thiophene rings is 1. The Labute approximate surface area is 205 Å². The van der Waals surface area contributed by atoms with E-state index in [-0.39, 0.29) is 17.0 Å². The van der Waals surface area contributed by atoms with Crippen LogP contribution in [0.4, 0.5) is 21.0 Å². The van der Waals surface area contributed by atoms with Crippen molar-refractivity contribution in [3.8, 4) is 12.1 Å². The molecule has 182 valence electrons. The van der Waals surface area contributed by atoms with Crippen molar-refractivity contribution in [1.29, 1.82) is 5.26 Å². The number of aryl methyl sites for hydroxylation is 1. The fraction of sp³-hybridized carbons (Fsp3) is 0.565. The van der Waals surface area contributed by atoms with E-state index in [0.29, 0.717) is 65.9 Å². The number of alkyl halides is 1. The molecule has 35 heavy (non-hydrogen) atoms. The van der Waals surface area contributed by atoms with E-state index in [1.165, 1.54) is 16.2 Å². The van der Waals surface area contributed by atoms with Crippen LogP contribution in [-0.4, -0.2) is 69.6 Å². The Kier molecular flexibility index (Phi) is 4.33. The third-order valence-corrected chi connectivity index (χ3v) is 9.48. The van der Waals surface area contributed by atoms with Gasteiger partial charge in [-0.15, -0.1) is 11.3 Å². The van der Waals surface area contributed by atoms with Crippen molar-refractivity contribution in [2.45, 2.75) is 49.2 Å². The number of rotatable bonds is 4. The van der Waals surface area contributed by atoms with Gasteiger partial charge >= 0.3 is 6.01 Å². The van der Waals surface area contributed by atoms with Gasteiger partial charge in [0, 0.05) is 36.3 Å². The summed E-state index contributed by atoms with van der Waals surface area (Å²) in [4.78, 5) is 14.8. The molecule has 3 fully saturated rings. The van der Waals surface area contributed by atoms with Gasteiger partial charge < -0.3 is 21.1 Å². The standard InChI is InChI=1S/C23H26FN9OS/c24-12-6-23(3-1-5-33(23)8-12)11-34-21-28-19-15(17(26)30-31-19)20(29-21)32-9-22(10-32)4-2-14-16(22)13(7-25)18(27)35-14/h12H,1-6,8-11,27H2,(H3,26,28,29,30,31)/t12?,23-/m0/s1. The molecule has 6 heterocycles. The number of nitriles is 1. The number of hydrogen-bond acceptors (Lipinski definition) is 10. The van der Waals surface area contributed by atoms with Gasteiger partial charge in [-0.1, -0.05) is 0 Å². The van der Waals surface area contributed by atoms with Crippen LogP contribution >= 0.6 is 11.3 Å². The first-order valence-electron chi connectivity index (χ1n) is 12.0. The Morgan fingerprint density at radius 1 is 1.29 bits per heavy atom. The van der Waals surface area contributed by atoms with E-state index in [9.17, 15) is 9.65 Å². The number of ether oxygens (including phenoxy) is 1. The SMILES string of the molecule is N#Cc1c(N)sc2c1C1(CC2)CN(c2nc(OC[C@@]34CCCN3CC(F)C4)nc3n[nH]c(N)c23)C1. The monoisotopic (exact) mass is 495 g/mol. The lowest BCUT2D eigenvalue weighted by Crippen LogP contribution is -2.59. The molecule has 0 aromatic carbocycles. The zero-order valence-electron chi connectivity index (χ0n) is 19.2. The van der Waals surface area contributed by atoms with Crippen molar-refractivity contribution in [1.82, 2.24) is 25.1 Å². The van der Waals surface area contributed by atoms with Crippen LogP contribution in [0.1, 0.15) is 41.7 Å². The molecule has 12 heteroatoms. The first kappa shape index (κ1) is 21.1. The quantitative estimate of drug-likeness (QED) is 0.495.